The summed E-state index contributed by atoms with van der Waals surface area (Å²) in [5.41, 5.74) is 0.922. The summed E-state index contributed by atoms with van der Waals surface area (Å²) in [5.74, 6) is 0.226. The van der Waals surface area contributed by atoms with Crippen molar-refractivity contribution in [2.24, 2.45) is 5.16 Å². The number of urea groups is 1. The van der Waals surface area contributed by atoms with Gasteiger partial charge in [0.2, 0.25) is 0 Å². The zero-order chi connectivity index (χ0) is 15.3. The van der Waals surface area contributed by atoms with Crippen LogP contribution in [0.2, 0.25) is 0 Å². The highest BCUT2D eigenvalue weighted by Gasteiger charge is 2.30. The van der Waals surface area contributed by atoms with Crippen molar-refractivity contribution >= 4 is 19.5 Å². The average Bonchev–Trinajstić information content (AvgIpc) is 2.77. The number of nitrogens with zero attached hydrogens (tertiary/aromatic N) is 1. The molecule has 1 unspecified atom stereocenters. The lowest BCUT2D eigenvalue weighted by Gasteiger charge is -2.10. The molecule has 4 N–H and O–H groups in total. The van der Waals surface area contributed by atoms with Crippen molar-refractivity contribution < 1.29 is 24.0 Å². The molecule has 1 aromatic carbocycles. The molecule has 2 rings (SSSR count). The van der Waals surface area contributed by atoms with Crippen molar-refractivity contribution in [2.45, 2.75) is 19.1 Å². The van der Waals surface area contributed by atoms with Crippen LogP contribution in [0.3, 0.4) is 0 Å². The van der Waals surface area contributed by atoms with Gasteiger partial charge in [0.15, 0.2) is 5.84 Å². The maximum absolute atomic E-state index is 11.3. The van der Waals surface area contributed by atoms with Gasteiger partial charge in [-0.25, -0.2) is 4.79 Å². The Morgan fingerprint density at radius 1 is 1.29 bits per heavy atom. The average molecular weight is 313 g/mol. The summed E-state index contributed by atoms with van der Waals surface area (Å²) in [6, 6.07) is 8.32. The van der Waals surface area contributed by atoms with Crippen LogP contribution in [0.25, 0.3) is 0 Å². The summed E-state index contributed by atoms with van der Waals surface area (Å²) in [6.07, 6.45) is -0.256. The second-order valence-corrected chi connectivity index (χ2v) is 6.34. The number of hydrogen-bond donors (Lipinski definition) is 4. The van der Waals surface area contributed by atoms with E-state index < -0.39 is 19.7 Å². The Kier molecular flexibility index (Phi) is 4.95. The molecule has 1 aromatic rings. The van der Waals surface area contributed by atoms with Crippen LogP contribution in [-0.4, -0.2) is 33.9 Å². The summed E-state index contributed by atoms with van der Waals surface area (Å²) in [4.78, 5) is 34.1. The van der Waals surface area contributed by atoms with Crippen molar-refractivity contribution in [2.75, 3.05) is 6.16 Å². The Morgan fingerprint density at radius 2 is 2.00 bits per heavy atom. The van der Waals surface area contributed by atoms with Gasteiger partial charge in [0.1, 0.15) is 6.61 Å². The van der Waals surface area contributed by atoms with Crippen LogP contribution >= 0.6 is 7.60 Å². The molecule has 1 aliphatic rings. The fraction of sp³-hybridized carbons (Fsp3) is 0.333. The van der Waals surface area contributed by atoms with E-state index in [0.717, 1.165) is 5.56 Å². The summed E-state index contributed by atoms with van der Waals surface area (Å²) in [6.45, 7) is 0.241. The molecule has 1 heterocycles. The smallest absolute Gasteiger partial charge is 0.325 e. The van der Waals surface area contributed by atoms with Gasteiger partial charge in [0.05, 0.1) is 12.2 Å². The number of oxime groups is 1. The predicted molar refractivity (Wildman–Crippen MR) is 75.6 cm³/mol. The van der Waals surface area contributed by atoms with Crippen molar-refractivity contribution in [3.05, 3.63) is 35.9 Å². The normalized spacial score (nSPS) is 20.2. The number of carbonyl (C=O) groups excluding carboxylic acids is 1. The fourth-order valence-electron chi connectivity index (χ4n) is 1.81. The third-order valence-electron chi connectivity index (χ3n) is 2.82. The van der Waals surface area contributed by atoms with Crippen molar-refractivity contribution in [3.63, 3.8) is 0 Å². The molecule has 21 heavy (non-hydrogen) atoms. The molecule has 114 valence electrons. The highest BCUT2D eigenvalue weighted by Crippen LogP contribution is 2.35. The summed E-state index contributed by atoms with van der Waals surface area (Å²) < 4.78 is 10.9. The summed E-state index contributed by atoms with van der Waals surface area (Å²) in [7, 11) is -4.11. The number of amides is 2. The van der Waals surface area contributed by atoms with Crippen LogP contribution in [-0.2, 0) is 16.0 Å². The minimum absolute atomic E-state index is 0.0799. The molecule has 1 atom stereocenters. The summed E-state index contributed by atoms with van der Waals surface area (Å²) in [5, 5.41) is 8.79. The standard InChI is InChI=1S/C12H16N3O5P/c16-12-13-10(6-7-21(17,18)19)11(14-12)15-20-8-9-4-2-1-3-5-9/h1-5,10H,6-8H2,(H2,17,18,19)(H2,13,14,15,16). The number of benzene rings is 1. The second-order valence-electron chi connectivity index (χ2n) is 4.56. The molecule has 1 saturated heterocycles. The highest BCUT2D eigenvalue weighted by atomic mass is 31.2. The number of amidine groups is 1. The van der Waals surface area contributed by atoms with Crippen LogP contribution in [0.15, 0.2) is 35.5 Å². The van der Waals surface area contributed by atoms with Crippen LogP contribution in [0, 0.1) is 0 Å². The third kappa shape index (κ3) is 5.18. The summed E-state index contributed by atoms with van der Waals surface area (Å²) >= 11 is 0. The molecule has 0 spiro atoms. The monoisotopic (exact) mass is 313 g/mol. The lowest BCUT2D eigenvalue weighted by atomic mass is 10.2. The molecule has 0 bridgehead atoms. The molecule has 0 aliphatic carbocycles. The third-order valence-corrected chi connectivity index (χ3v) is 3.66. The molecule has 0 radical (unpaired) electrons. The van der Waals surface area contributed by atoms with Gasteiger partial charge in [-0.05, 0) is 12.0 Å². The van der Waals surface area contributed by atoms with E-state index >= 15 is 0 Å². The molecule has 9 heteroatoms. The number of carbonyl (C=O) groups is 1. The van der Waals surface area contributed by atoms with Gasteiger partial charge in [0.25, 0.3) is 0 Å². The van der Waals surface area contributed by atoms with Crippen LogP contribution in [0.1, 0.15) is 12.0 Å². The molecule has 0 saturated carbocycles. The van der Waals surface area contributed by atoms with E-state index in [9.17, 15) is 9.36 Å². The molecule has 2 amide bonds. The number of rotatable bonds is 6. The van der Waals surface area contributed by atoms with Crippen LogP contribution in [0.4, 0.5) is 4.79 Å². The Bertz CT molecular complexity index is 572. The maximum atomic E-state index is 11.3. The van der Waals surface area contributed by atoms with E-state index in [1.54, 1.807) is 0 Å². The van der Waals surface area contributed by atoms with Gasteiger partial charge in [0, 0.05) is 0 Å². The molecule has 1 fully saturated rings. The lowest BCUT2D eigenvalue weighted by Crippen LogP contribution is -2.30. The first-order valence-corrected chi connectivity index (χ1v) is 8.10. The Morgan fingerprint density at radius 3 is 2.67 bits per heavy atom. The van der Waals surface area contributed by atoms with Gasteiger partial charge in [-0.3, -0.25) is 9.88 Å². The zero-order valence-corrected chi connectivity index (χ0v) is 12.0. The van der Waals surface area contributed by atoms with Gasteiger partial charge >= 0.3 is 13.6 Å². The second kappa shape index (κ2) is 6.71. The maximum Gasteiger partial charge on any atom is 0.325 e. The van der Waals surface area contributed by atoms with E-state index in [4.69, 9.17) is 14.6 Å². The zero-order valence-electron chi connectivity index (χ0n) is 11.1. The fourth-order valence-corrected chi connectivity index (χ4v) is 2.40. The van der Waals surface area contributed by atoms with Gasteiger partial charge in [-0.15, -0.1) is 0 Å². The molecule has 8 nitrogen and oxygen atoms in total. The number of hydrogen-bond acceptors (Lipinski definition) is 4. The Hall–Kier alpha value is -1.89. The van der Waals surface area contributed by atoms with E-state index in [1.807, 2.05) is 30.3 Å². The van der Waals surface area contributed by atoms with Gasteiger partial charge in [-0.2, -0.15) is 0 Å². The highest BCUT2D eigenvalue weighted by molar-refractivity contribution is 7.51. The first-order valence-electron chi connectivity index (χ1n) is 6.30. The predicted octanol–water partition coefficient (Wildman–Crippen LogP) is 0.766. The van der Waals surface area contributed by atoms with Crippen molar-refractivity contribution in [1.29, 1.82) is 0 Å². The molecular weight excluding hydrogens is 297 g/mol. The van der Waals surface area contributed by atoms with E-state index in [-0.39, 0.29) is 25.0 Å². The van der Waals surface area contributed by atoms with Gasteiger partial charge < -0.3 is 19.9 Å². The molecule has 1 aliphatic heterocycles. The van der Waals surface area contributed by atoms with Crippen molar-refractivity contribution in [3.8, 4) is 0 Å². The lowest BCUT2D eigenvalue weighted by molar-refractivity contribution is 0.129. The molecular formula is C12H16N3O5P. The Labute approximate surface area is 121 Å². The topological polar surface area (TPSA) is 120 Å². The Balaban J connectivity index is 1.91. The van der Waals surface area contributed by atoms with Crippen molar-refractivity contribution in [1.82, 2.24) is 10.6 Å². The SMILES string of the molecule is O=C1N/C(=N/OCc2ccccc2)C(CCP(=O)(O)O)N1. The quantitative estimate of drug-likeness (QED) is 0.456. The van der Waals surface area contributed by atoms with Crippen LogP contribution < -0.4 is 10.6 Å². The first kappa shape index (κ1) is 15.5. The van der Waals surface area contributed by atoms with E-state index in [1.165, 1.54) is 0 Å². The van der Waals surface area contributed by atoms with E-state index in [2.05, 4.69) is 15.8 Å². The largest absolute Gasteiger partial charge is 0.389 e. The number of nitrogens with one attached hydrogen (secondary N) is 2. The van der Waals surface area contributed by atoms with Gasteiger partial charge in [-0.1, -0.05) is 35.5 Å². The van der Waals surface area contributed by atoms with Crippen LogP contribution in [0.5, 0.6) is 0 Å². The minimum Gasteiger partial charge on any atom is -0.389 e. The first-order chi connectivity index (χ1) is 9.94. The minimum atomic E-state index is -4.11. The molecule has 0 aromatic heterocycles. The van der Waals surface area contributed by atoms with E-state index in [0.29, 0.717) is 0 Å².